The van der Waals surface area contributed by atoms with Crippen molar-refractivity contribution in [3.63, 3.8) is 0 Å². The third-order valence-corrected chi connectivity index (χ3v) is 28.1. The molecule has 0 saturated carbocycles. The normalized spacial score (nSPS) is 11.5. The summed E-state index contributed by atoms with van der Waals surface area (Å²) in [5.41, 5.74) is 29.0. The molecule has 8 heterocycles. The van der Waals surface area contributed by atoms with Gasteiger partial charge >= 0.3 is 0 Å². The third-order valence-electron chi connectivity index (χ3n) is 25.8. The summed E-state index contributed by atoms with van der Waals surface area (Å²) in [5.74, 6) is 3.48. The molecule has 0 unspecified atom stereocenters. The van der Waals surface area contributed by atoms with Crippen LogP contribution >= 0.6 is 22.7 Å². The van der Waals surface area contributed by atoms with Gasteiger partial charge in [-0.25, -0.2) is 29.9 Å². The largest absolute Gasteiger partial charge is 0.309 e. The van der Waals surface area contributed by atoms with Gasteiger partial charge in [-0.2, -0.15) is 0 Å². The predicted octanol–water partition coefficient (Wildman–Crippen LogP) is 32.8. The van der Waals surface area contributed by atoms with Crippen molar-refractivity contribution >= 4 is 107 Å². The SMILES string of the molecule is c1ccc(-c2nc(-c3ccccc3)nc(-c3cc(-c4c(-c5ccccc5)cccc4-c4ccccc4)cnc3-c3ccc4c(c3)sc3cc5c6ccccc6n(-c6ccccc6)c5cc34)n2)cc1.c1ccc(-c2nc(-c3ccccc3)nc(-c3cc(-c4c(-c5ccccc5)cccc4-c4ccccc4)cnc3-c3cccc4c3sc3cc5c6ccccc6n(-c6ccccc6)c5cc34)n2)cc1. The second kappa shape index (κ2) is 34.6. The van der Waals surface area contributed by atoms with E-state index in [0.29, 0.717) is 34.9 Å². The number of benzene rings is 18. The van der Waals surface area contributed by atoms with E-state index in [1.807, 2.05) is 108 Å². The van der Waals surface area contributed by atoms with Gasteiger partial charge in [0.25, 0.3) is 0 Å². The molecule has 0 aliphatic carbocycles. The Bertz CT molecular complexity index is 8820. The summed E-state index contributed by atoms with van der Waals surface area (Å²) in [6.07, 6.45) is 4.07. The molecule has 8 aromatic heterocycles. The minimum Gasteiger partial charge on any atom is -0.309 e. The second-order valence-corrected chi connectivity index (χ2v) is 36.1. The van der Waals surface area contributed by atoms with Crippen molar-refractivity contribution < 1.29 is 0 Å². The lowest BCUT2D eigenvalue weighted by molar-refractivity contribution is 1.07. The number of thiophene rings is 2. The van der Waals surface area contributed by atoms with Gasteiger partial charge in [0.05, 0.1) is 33.5 Å². The van der Waals surface area contributed by atoms with E-state index < -0.39 is 0 Å². The Morgan fingerprint density at radius 1 is 0.169 bits per heavy atom. The zero-order valence-electron chi connectivity index (χ0n) is 73.3. The first-order chi connectivity index (χ1) is 67.4. The first-order valence-electron chi connectivity index (χ1n) is 45.6. The predicted molar refractivity (Wildman–Crippen MR) is 566 cm³/mol. The summed E-state index contributed by atoms with van der Waals surface area (Å²) in [7, 11) is 0. The van der Waals surface area contributed by atoms with Crippen molar-refractivity contribution in [3.8, 4) is 169 Å². The van der Waals surface area contributed by atoms with Crippen molar-refractivity contribution in [2.75, 3.05) is 0 Å². The molecule has 0 fully saturated rings. The van der Waals surface area contributed by atoms with Crippen molar-refractivity contribution in [2.24, 2.45) is 0 Å². The van der Waals surface area contributed by atoms with Gasteiger partial charge in [-0.15, -0.1) is 22.7 Å². The lowest BCUT2D eigenvalue weighted by Crippen LogP contribution is -2.02. The fourth-order valence-corrected chi connectivity index (χ4v) is 22.0. The monoisotopic (exact) mass is 1770 g/mol. The Labute approximate surface area is 792 Å². The number of hydrogen-bond donors (Lipinski definition) is 0. The number of para-hydroxylation sites is 4. The van der Waals surface area contributed by atoms with Gasteiger partial charge in [0, 0.05) is 141 Å². The fourth-order valence-electron chi connectivity index (χ4n) is 19.5. The average molecular weight is 1770 g/mol. The lowest BCUT2D eigenvalue weighted by Gasteiger charge is -2.18. The van der Waals surface area contributed by atoms with E-state index in [2.05, 4.69) is 397 Å². The highest BCUT2D eigenvalue weighted by molar-refractivity contribution is 7.26. The molecule has 136 heavy (non-hydrogen) atoms. The second-order valence-electron chi connectivity index (χ2n) is 33.9. The first kappa shape index (κ1) is 80.4. The van der Waals surface area contributed by atoms with Gasteiger partial charge in [-0.1, -0.05) is 382 Å². The molecule has 0 aliphatic rings. The maximum absolute atomic E-state index is 5.54. The van der Waals surface area contributed by atoms with Gasteiger partial charge in [0.1, 0.15) is 0 Å². The van der Waals surface area contributed by atoms with Gasteiger partial charge < -0.3 is 9.13 Å². The number of nitrogens with zero attached hydrogens (tertiary/aromatic N) is 10. The molecule has 0 amide bonds. The molecular formula is C124H78N10S2. The molecule has 0 saturated heterocycles. The number of aromatic nitrogens is 10. The summed E-state index contributed by atoms with van der Waals surface area (Å²) in [6, 6.07) is 162. The van der Waals surface area contributed by atoms with Crippen LogP contribution in [0.25, 0.3) is 253 Å². The molecule has 0 spiro atoms. The molecule has 26 aromatic rings. The number of hydrogen-bond acceptors (Lipinski definition) is 10. The topological polar surface area (TPSA) is 113 Å². The zero-order valence-corrected chi connectivity index (χ0v) is 75.0. The Morgan fingerprint density at radius 2 is 0.478 bits per heavy atom. The zero-order chi connectivity index (χ0) is 89.9. The Morgan fingerprint density at radius 3 is 0.882 bits per heavy atom. The van der Waals surface area contributed by atoms with Crippen LogP contribution in [0.1, 0.15) is 0 Å². The Kier molecular flexibility index (Phi) is 20.4. The van der Waals surface area contributed by atoms with Gasteiger partial charge in [-0.3, -0.25) is 9.97 Å². The van der Waals surface area contributed by atoms with Crippen molar-refractivity contribution in [1.29, 1.82) is 0 Å². The molecule has 0 aliphatic heterocycles. The van der Waals surface area contributed by atoms with Crippen LogP contribution in [0.5, 0.6) is 0 Å². The summed E-state index contributed by atoms with van der Waals surface area (Å²) in [6.45, 7) is 0. The lowest BCUT2D eigenvalue weighted by atomic mass is 9.87. The Hall–Kier alpha value is -17.7. The van der Waals surface area contributed by atoms with Crippen LogP contribution in [-0.4, -0.2) is 49.0 Å². The van der Waals surface area contributed by atoms with Crippen LogP contribution in [0.2, 0.25) is 0 Å². The first-order valence-corrected chi connectivity index (χ1v) is 47.2. The van der Waals surface area contributed by atoms with Gasteiger partial charge in [0.15, 0.2) is 34.9 Å². The minimum absolute atomic E-state index is 0.549. The van der Waals surface area contributed by atoms with E-state index in [1.54, 1.807) is 0 Å². The quantitative estimate of drug-likeness (QED) is 0.0940. The summed E-state index contributed by atoms with van der Waals surface area (Å²) >= 11 is 3.63. The van der Waals surface area contributed by atoms with E-state index in [0.717, 1.165) is 139 Å². The summed E-state index contributed by atoms with van der Waals surface area (Å²) < 4.78 is 9.58. The molecule has 12 heteroatoms. The van der Waals surface area contributed by atoms with Crippen LogP contribution < -0.4 is 0 Å². The maximum Gasteiger partial charge on any atom is 0.166 e. The maximum atomic E-state index is 5.54. The number of rotatable bonds is 16. The molecule has 0 N–H and O–H groups in total. The van der Waals surface area contributed by atoms with Crippen LogP contribution in [0.4, 0.5) is 0 Å². The molecule has 0 atom stereocenters. The van der Waals surface area contributed by atoms with Gasteiger partial charge in [0.2, 0.25) is 0 Å². The molecule has 0 bridgehead atoms. The standard InChI is InChI=1S/2C62H39N5S/c1-6-20-40(21-7-1)46-31-18-32-47(41-22-8-2-9-23-41)57(46)44-36-53(62-65-60(42-24-10-3-11-25-42)64-61(66-62)43-26-12-4-13-27-43)58(63-39-44)50-34-19-33-49-52-37-55-51(38-56(52)68-59(49)50)48-30-16-17-35-54(48)67(55)45-28-14-5-15-29-45;1-6-19-40(20-7-1)47-30-18-31-48(41-21-8-2-9-22-41)58(47)45-35-53(62-65-60(42-23-10-3-11-24-42)64-61(66-62)43-25-12-4-13-26-43)59(63-39-45)44-33-34-50-52-37-55-51(38-57(52)68-56(50)36-44)49-29-16-17-32-54(49)67(55)46-27-14-5-15-28-46/h2*1-39H. The fraction of sp³-hybridized carbons (Fsp3) is 0. The van der Waals surface area contributed by atoms with E-state index in [1.165, 1.54) is 79.3 Å². The van der Waals surface area contributed by atoms with Crippen LogP contribution in [0.3, 0.4) is 0 Å². The van der Waals surface area contributed by atoms with Crippen LogP contribution in [0, 0.1) is 0 Å². The van der Waals surface area contributed by atoms with Crippen LogP contribution in [0.15, 0.2) is 473 Å². The third kappa shape index (κ3) is 14.6. The number of pyridine rings is 2. The van der Waals surface area contributed by atoms with E-state index in [9.17, 15) is 0 Å². The number of fused-ring (bicyclic) bond motifs is 12. The molecule has 636 valence electrons. The molecule has 0 radical (unpaired) electrons. The highest BCUT2D eigenvalue weighted by Gasteiger charge is 2.28. The van der Waals surface area contributed by atoms with Crippen molar-refractivity contribution in [1.82, 2.24) is 49.0 Å². The molecule has 26 rings (SSSR count). The Balaban J connectivity index is 0.000000145. The summed E-state index contributed by atoms with van der Waals surface area (Å²) in [4.78, 5) is 42.4. The van der Waals surface area contributed by atoms with Crippen LogP contribution in [-0.2, 0) is 0 Å². The molecule has 18 aromatic carbocycles. The highest BCUT2D eigenvalue weighted by Crippen LogP contribution is 2.51. The highest BCUT2D eigenvalue weighted by atomic mass is 32.1. The van der Waals surface area contributed by atoms with E-state index >= 15 is 0 Å². The summed E-state index contributed by atoms with van der Waals surface area (Å²) in [5, 5.41) is 9.77. The molecular weight excluding hydrogens is 1690 g/mol. The van der Waals surface area contributed by atoms with E-state index in [4.69, 9.17) is 39.9 Å². The minimum atomic E-state index is 0.549. The average Bonchev–Trinajstić information content (AvgIpc) is 1.56. The van der Waals surface area contributed by atoms with Crippen molar-refractivity contribution in [2.45, 2.75) is 0 Å². The smallest absolute Gasteiger partial charge is 0.166 e. The van der Waals surface area contributed by atoms with Gasteiger partial charge in [-0.05, 0) is 134 Å². The molecule has 10 nitrogen and oxygen atoms in total. The van der Waals surface area contributed by atoms with Crippen molar-refractivity contribution in [3.05, 3.63) is 473 Å². The van der Waals surface area contributed by atoms with E-state index in [-0.39, 0.29) is 0 Å².